The standard InChI is InChI=1S/C33H44FNO4S/c1-4-5-6-7-8-9-10-15-25-16-11-12-17-27(25)24-33(37,20-13-14-21-34)40-28-19-18-26-22-29(32(36)39-3)31(38-2)35-30(26)23-28/h11-12,16-19,22-23,37H,4-10,13-15,20-21,24H2,1-3H3/t33-/m1/s1. The molecule has 0 fully saturated rings. The fourth-order valence-electron chi connectivity index (χ4n) is 5.04. The highest BCUT2D eigenvalue weighted by molar-refractivity contribution is 8.00. The Hall–Kier alpha value is -2.64. The Kier molecular flexibility index (Phi) is 13.2. The lowest BCUT2D eigenvalue weighted by atomic mass is 9.95. The molecule has 218 valence electrons. The molecule has 0 saturated carbocycles. The topological polar surface area (TPSA) is 68.7 Å². The molecule has 1 N–H and O–H groups in total. The predicted octanol–water partition coefficient (Wildman–Crippen LogP) is 8.49. The fraction of sp³-hybridized carbons (Fsp3) is 0.515. The molecule has 0 saturated heterocycles. The molecule has 0 radical (unpaired) electrons. The average Bonchev–Trinajstić information content (AvgIpc) is 2.96. The van der Waals surface area contributed by atoms with Crippen molar-refractivity contribution in [2.75, 3.05) is 20.9 Å². The molecule has 0 spiro atoms. The summed E-state index contributed by atoms with van der Waals surface area (Å²) < 4.78 is 23.2. The number of hydrogen-bond acceptors (Lipinski definition) is 6. The van der Waals surface area contributed by atoms with Crippen LogP contribution in [0.2, 0.25) is 0 Å². The molecule has 7 heteroatoms. The van der Waals surface area contributed by atoms with Crippen LogP contribution in [-0.4, -0.2) is 41.9 Å². The Morgan fingerprint density at radius 2 is 1.68 bits per heavy atom. The van der Waals surface area contributed by atoms with E-state index in [9.17, 15) is 14.3 Å². The van der Waals surface area contributed by atoms with Crippen LogP contribution in [0.25, 0.3) is 10.9 Å². The third-order valence-corrected chi connectivity index (χ3v) is 8.46. The third-order valence-electron chi connectivity index (χ3n) is 7.25. The van der Waals surface area contributed by atoms with Gasteiger partial charge >= 0.3 is 5.97 Å². The summed E-state index contributed by atoms with van der Waals surface area (Å²) in [6.45, 7) is 1.85. The van der Waals surface area contributed by atoms with E-state index in [4.69, 9.17) is 9.47 Å². The average molecular weight is 570 g/mol. The summed E-state index contributed by atoms with van der Waals surface area (Å²) in [5.41, 5.74) is 3.34. The molecule has 1 heterocycles. The second kappa shape index (κ2) is 16.6. The fourth-order valence-corrected chi connectivity index (χ4v) is 6.26. The molecule has 40 heavy (non-hydrogen) atoms. The molecule has 1 atom stereocenters. The Labute approximate surface area is 242 Å². The second-order valence-electron chi connectivity index (χ2n) is 10.4. The van der Waals surface area contributed by atoms with Gasteiger partial charge in [-0.2, -0.15) is 0 Å². The lowest BCUT2D eigenvalue weighted by Crippen LogP contribution is -2.28. The zero-order valence-electron chi connectivity index (χ0n) is 24.2. The van der Waals surface area contributed by atoms with Crippen LogP contribution in [0.4, 0.5) is 4.39 Å². The van der Waals surface area contributed by atoms with Crippen LogP contribution in [0.1, 0.15) is 92.6 Å². The van der Waals surface area contributed by atoms with Gasteiger partial charge in [-0.25, -0.2) is 9.78 Å². The number of esters is 1. The van der Waals surface area contributed by atoms with E-state index in [1.807, 2.05) is 24.3 Å². The maximum absolute atomic E-state index is 13.0. The van der Waals surface area contributed by atoms with E-state index in [0.29, 0.717) is 31.2 Å². The first-order valence-corrected chi connectivity index (χ1v) is 15.4. The molecule has 0 aliphatic carbocycles. The van der Waals surface area contributed by atoms with Crippen molar-refractivity contribution in [3.8, 4) is 5.88 Å². The van der Waals surface area contributed by atoms with Crippen molar-refractivity contribution in [3.05, 3.63) is 65.2 Å². The number of carbonyl (C=O) groups is 1. The van der Waals surface area contributed by atoms with Gasteiger partial charge in [0.05, 0.1) is 26.4 Å². The van der Waals surface area contributed by atoms with E-state index in [1.165, 1.54) is 70.1 Å². The van der Waals surface area contributed by atoms with Gasteiger partial charge in [-0.1, -0.05) is 87.5 Å². The first-order valence-electron chi connectivity index (χ1n) is 14.5. The molecule has 0 aliphatic heterocycles. The molecule has 2 aromatic carbocycles. The van der Waals surface area contributed by atoms with Crippen molar-refractivity contribution in [2.45, 2.75) is 93.8 Å². The largest absolute Gasteiger partial charge is 0.480 e. The predicted molar refractivity (Wildman–Crippen MR) is 162 cm³/mol. The maximum atomic E-state index is 13.0. The summed E-state index contributed by atoms with van der Waals surface area (Å²) in [7, 11) is 2.79. The van der Waals surface area contributed by atoms with Gasteiger partial charge in [-0.15, -0.1) is 0 Å². The SMILES string of the molecule is CCCCCCCCCc1ccccc1C[C@@](O)(CCCCF)Sc1ccc2cc(C(=O)OC)c(OC)nc2c1. The first kappa shape index (κ1) is 31.9. The van der Waals surface area contributed by atoms with Crippen LogP contribution >= 0.6 is 11.8 Å². The molecule has 5 nitrogen and oxygen atoms in total. The Morgan fingerprint density at radius 1 is 0.950 bits per heavy atom. The number of nitrogens with zero attached hydrogens (tertiary/aromatic N) is 1. The van der Waals surface area contributed by atoms with Gasteiger partial charge in [0.15, 0.2) is 0 Å². The number of alkyl halides is 1. The number of rotatable bonds is 18. The summed E-state index contributed by atoms with van der Waals surface area (Å²) in [6.07, 6.45) is 11.8. The van der Waals surface area contributed by atoms with Crippen molar-refractivity contribution in [2.24, 2.45) is 0 Å². The first-order chi connectivity index (χ1) is 19.4. The minimum Gasteiger partial charge on any atom is -0.480 e. The van der Waals surface area contributed by atoms with Crippen LogP contribution < -0.4 is 4.74 Å². The van der Waals surface area contributed by atoms with Crippen molar-refractivity contribution in [3.63, 3.8) is 0 Å². The minimum absolute atomic E-state index is 0.194. The Bertz CT molecular complexity index is 1220. The molecular weight excluding hydrogens is 525 g/mol. The summed E-state index contributed by atoms with van der Waals surface area (Å²) in [5, 5.41) is 12.7. The van der Waals surface area contributed by atoms with E-state index in [1.54, 1.807) is 6.07 Å². The van der Waals surface area contributed by atoms with E-state index < -0.39 is 17.6 Å². The van der Waals surface area contributed by atoms with Gasteiger partial charge in [0, 0.05) is 16.7 Å². The molecule has 0 bridgehead atoms. The van der Waals surface area contributed by atoms with Crippen molar-refractivity contribution in [1.82, 2.24) is 4.98 Å². The number of fused-ring (bicyclic) bond motifs is 1. The highest BCUT2D eigenvalue weighted by Crippen LogP contribution is 2.39. The summed E-state index contributed by atoms with van der Waals surface area (Å²) in [5.74, 6) is -0.318. The summed E-state index contributed by atoms with van der Waals surface area (Å²) in [6, 6.07) is 15.8. The molecule has 3 aromatic rings. The van der Waals surface area contributed by atoms with Gasteiger partial charge in [0.2, 0.25) is 5.88 Å². The van der Waals surface area contributed by atoms with Gasteiger partial charge < -0.3 is 14.6 Å². The normalized spacial score (nSPS) is 12.8. The van der Waals surface area contributed by atoms with Crippen molar-refractivity contribution < 1.29 is 23.8 Å². The van der Waals surface area contributed by atoms with E-state index in [2.05, 4.69) is 30.1 Å². The lowest BCUT2D eigenvalue weighted by molar-refractivity contribution is 0.0596. The second-order valence-corrected chi connectivity index (χ2v) is 11.8. The molecular formula is C33H44FNO4S. The number of ether oxygens (including phenoxy) is 2. The highest BCUT2D eigenvalue weighted by atomic mass is 32.2. The third kappa shape index (κ3) is 9.48. The minimum atomic E-state index is -1.10. The number of unbranched alkanes of at least 4 members (excludes halogenated alkanes) is 7. The number of halogens is 1. The zero-order chi connectivity index (χ0) is 28.8. The van der Waals surface area contributed by atoms with E-state index in [-0.39, 0.29) is 11.4 Å². The molecule has 1 aromatic heterocycles. The van der Waals surface area contributed by atoms with E-state index >= 15 is 0 Å². The maximum Gasteiger partial charge on any atom is 0.343 e. The summed E-state index contributed by atoms with van der Waals surface area (Å²) >= 11 is 1.39. The number of methoxy groups -OCH3 is 2. The monoisotopic (exact) mass is 569 g/mol. The number of aliphatic hydroxyl groups is 1. The van der Waals surface area contributed by atoms with Gasteiger partial charge in [0.25, 0.3) is 0 Å². The molecule has 0 unspecified atom stereocenters. The molecule has 0 aliphatic rings. The lowest BCUT2D eigenvalue weighted by Gasteiger charge is -2.29. The quantitative estimate of drug-likeness (QED) is 0.0717. The van der Waals surface area contributed by atoms with Crippen LogP contribution in [-0.2, 0) is 17.6 Å². The number of pyridine rings is 1. The number of benzene rings is 2. The number of carbonyl (C=O) groups excluding carboxylic acids is 1. The summed E-state index contributed by atoms with van der Waals surface area (Å²) in [4.78, 5) is 16.4. The zero-order valence-corrected chi connectivity index (χ0v) is 25.0. The number of aryl methyl sites for hydroxylation is 1. The van der Waals surface area contributed by atoms with Crippen LogP contribution in [0.5, 0.6) is 5.88 Å². The van der Waals surface area contributed by atoms with Gasteiger partial charge in [-0.05, 0) is 61.4 Å². The Balaban J connectivity index is 1.78. The van der Waals surface area contributed by atoms with Gasteiger partial charge in [-0.3, -0.25) is 4.39 Å². The highest BCUT2D eigenvalue weighted by Gasteiger charge is 2.29. The van der Waals surface area contributed by atoms with Gasteiger partial charge in [0.1, 0.15) is 10.5 Å². The smallest absolute Gasteiger partial charge is 0.343 e. The Morgan fingerprint density at radius 3 is 2.38 bits per heavy atom. The van der Waals surface area contributed by atoms with Crippen molar-refractivity contribution >= 4 is 28.6 Å². The van der Waals surface area contributed by atoms with Crippen LogP contribution in [0.3, 0.4) is 0 Å². The number of aromatic nitrogens is 1. The van der Waals surface area contributed by atoms with Crippen LogP contribution in [0, 0.1) is 0 Å². The number of hydrogen-bond donors (Lipinski definition) is 1. The van der Waals surface area contributed by atoms with Crippen LogP contribution in [0.15, 0.2) is 53.4 Å². The molecule has 0 amide bonds. The van der Waals surface area contributed by atoms with E-state index in [0.717, 1.165) is 28.7 Å². The molecule has 3 rings (SSSR count). The van der Waals surface area contributed by atoms with Crippen molar-refractivity contribution in [1.29, 1.82) is 0 Å². The number of thioether (sulfide) groups is 1.